The Bertz CT molecular complexity index is 394. The van der Waals surface area contributed by atoms with Gasteiger partial charge in [-0.1, -0.05) is 26.0 Å². The molecule has 2 rings (SSSR count). The largest absolute Gasteiger partial charge is 0.386 e. The molecule has 1 aromatic carbocycles. The van der Waals surface area contributed by atoms with E-state index in [1.807, 2.05) is 0 Å². The topological polar surface area (TPSA) is 23.5 Å². The molecular formula is C16H24FNO. The highest BCUT2D eigenvalue weighted by Crippen LogP contribution is 2.39. The van der Waals surface area contributed by atoms with E-state index in [-0.39, 0.29) is 11.4 Å². The Hall–Kier alpha value is -0.930. The molecule has 19 heavy (non-hydrogen) atoms. The molecule has 1 N–H and O–H groups in total. The Balaban J connectivity index is 2.29. The lowest BCUT2D eigenvalue weighted by Gasteiger charge is -2.44. The molecule has 106 valence electrons. The van der Waals surface area contributed by atoms with Crippen molar-refractivity contribution in [2.75, 3.05) is 13.1 Å². The second-order valence-corrected chi connectivity index (χ2v) is 5.46. The maximum Gasteiger partial charge on any atom is 0.123 e. The molecule has 0 aliphatic carbocycles. The lowest BCUT2D eigenvalue weighted by Crippen LogP contribution is -2.51. The average molecular weight is 265 g/mol. The Morgan fingerprint density at radius 3 is 2.16 bits per heavy atom. The second-order valence-electron chi connectivity index (χ2n) is 5.46. The van der Waals surface area contributed by atoms with Crippen LogP contribution < -0.4 is 0 Å². The molecule has 1 atom stereocenters. The van der Waals surface area contributed by atoms with Crippen LogP contribution in [-0.2, 0) is 0 Å². The first-order valence-electron chi connectivity index (χ1n) is 7.32. The third-order valence-corrected chi connectivity index (χ3v) is 4.66. The van der Waals surface area contributed by atoms with Gasteiger partial charge in [0.1, 0.15) is 5.82 Å². The van der Waals surface area contributed by atoms with Crippen molar-refractivity contribution < 1.29 is 9.50 Å². The molecule has 1 aliphatic heterocycles. The molecule has 0 radical (unpaired) electrons. The van der Waals surface area contributed by atoms with Crippen LogP contribution in [0.25, 0.3) is 0 Å². The quantitative estimate of drug-likeness (QED) is 0.880. The van der Waals surface area contributed by atoms with E-state index in [1.165, 1.54) is 25.0 Å². The van der Waals surface area contributed by atoms with E-state index in [2.05, 4.69) is 18.7 Å². The highest BCUT2D eigenvalue weighted by molar-refractivity contribution is 5.22. The molecule has 2 nitrogen and oxygen atoms in total. The van der Waals surface area contributed by atoms with Gasteiger partial charge in [-0.25, -0.2) is 4.39 Å². The normalized spacial score (nSPS) is 18.7. The standard InChI is InChI=1S/C16H24FNO/c1-3-16(4-2,18-11-5-6-12-18)15(19)13-7-9-14(17)10-8-13/h7-10,15,19H,3-6,11-12H2,1-2H3. The van der Waals surface area contributed by atoms with Crippen LogP contribution in [0.1, 0.15) is 51.2 Å². The summed E-state index contributed by atoms with van der Waals surface area (Å²) in [5.74, 6) is -0.254. The van der Waals surface area contributed by atoms with Gasteiger partial charge in [-0.15, -0.1) is 0 Å². The zero-order valence-corrected chi connectivity index (χ0v) is 11.9. The van der Waals surface area contributed by atoms with Gasteiger partial charge in [0.2, 0.25) is 0 Å². The van der Waals surface area contributed by atoms with Crippen LogP contribution in [0.15, 0.2) is 24.3 Å². The van der Waals surface area contributed by atoms with E-state index < -0.39 is 6.10 Å². The predicted molar refractivity (Wildman–Crippen MR) is 75.5 cm³/mol. The fourth-order valence-corrected chi connectivity index (χ4v) is 3.37. The van der Waals surface area contributed by atoms with Crippen molar-refractivity contribution in [1.29, 1.82) is 0 Å². The molecule has 1 aliphatic rings. The summed E-state index contributed by atoms with van der Waals surface area (Å²) in [7, 11) is 0. The summed E-state index contributed by atoms with van der Waals surface area (Å²) in [4.78, 5) is 2.42. The third-order valence-electron chi connectivity index (χ3n) is 4.66. The van der Waals surface area contributed by atoms with E-state index in [4.69, 9.17) is 0 Å². The van der Waals surface area contributed by atoms with Gasteiger partial charge in [-0.05, 0) is 56.5 Å². The van der Waals surface area contributed by atoms with Crippen LogP contribution in [0, 0.1) is 5.82 Å². The van der Waals surface area contributed by atoms with Crippen molar-refractivity contribution in [2.45, 2.75) is 51.2 Å². The average Bonchev–Trinajstić information content (AvgIpc) is 2.96. The SMILES string of the molecule is CCC(CC)(C(O)c1ccc(F)cc1)N1CCCC1. The predicted octanol–water partition coefficient (Wildman–Crippen LogP) is 3.51. The Labute approximate surface area is 115 Å². The molecule has 1 aromatic rings. The van der Waals surface area contributed by atoms with Crippen LogP contribution in [0.2, 0.25) is 0 Å². The van der Waals surface area contributed by atoms with E-state index in [9.17, 15) is 9.50 Å². The molecular weight excluding hydrogens is 241 g/mol. The van der Waals surface area contributed by atoms with Gasteiger partial charge in [0.05, 0.1) is 11.6 Å². The molecule has 0 aromatic heterocycles. The zero-order chi connectivity index (χ0) is 13.9. The maximum absolute atomic E-state index is 13.0. The Kier molecular flexibility index (Phi) is 4.58. The molecule has 1 unspecified atom stereocenters. The van der Waals surface area contributed by atoms with Gasteiger partial charge >= 0.3 is 0 Å². The summed E-state index contributed by atoms with van der Waals surface area (Å²) in [5.41, 5.74) is 0.603. The van der Waals surface area contributed by atoms with Gasteiger partial charge in [0, 0.05) is 0 Å². The van der Waals surface area contributed by atoms with Crippen molar-refractivity contribution in [3.63, 3.8) is 0 Å². The van der Waals surface area contributed by atoms with Gasteiger partial charge in [0.25, 0.3) is 0 Å². The van der Waals surface area contributed by atoms with Crippen LogP contribution in [0.3, 0.4) is 0 Å². The molecule has 0 spiro atoms. The van der Waals surface area contributed by atoms with E-state index in [1.54, 1.807) is 12.1 Å². The number of hydrogen-bond acceptors (Lipinski definition) is 2. The van der Waals surface area contributed by atoms with Crippen LogP contribution >= 0.6 is 0 Å². The number of aliphatic hydroxyl groups is 1. The minimum Gasteiger partial charge on any atom is -0.386 e. The third kappa shape index (κ3) is 2.67. The summed E-state index contributed by atoms with van der Waals surface area (Å²) in [5, 5.41) is 10.8. The first-order valence-corrected chi connectivity index (χ1v) is 7.32. The second kappa shape index (κ2) is 6.02. The first-order chi connectivity index (χ1) is 9.14. The highest BCUT2D eigenvalue weighted by Gasteiger charge is 2.41. The number of halogens is 1. The van der Waals surface area contributed by atoms with Crippen molar-refractivity contribution >= 4 is 0 Å². The van der Waals surface area contributed by atoms with Crippen LogP contribution in [0.4, 0.5) is 4.39 Å². The monoisotopic (exact) mass is 265 g/mol. The Morgan fingerprint density at radius 2 is 1.68 bits per heavy atom. The van der Waals surface area contributed by atoms with Crippen molar-refractivity contribution in [2.24, 2.45) is 0 Å². The molecule has 1 heterocycles. The minimum absolute atomic E-state index is 0.214. The number of aliphatic hydroxyl groups excluding tert-OH is 1. The summed E-state index contributed by atoms with van der Waals surface area (Å²) in [6.07, 6.45) is 3.67. The fourth-order valence-electron chi connectivity index (χ4n) is 3.37. The van der Waals surface area contributed by atoms with Crippen molar-refractivity contribution in [3.05, 3.63) is 35.6 Å². The number of likely N-dealkylation sites (tertiary alicyclic amines) is 1. The summed E-state index contributed by atoms with van der Waals surface area (Å²) < 4.78 is 13.0. The number of benzene rings is 1. The van der Waals surface area contributed by atoms with Gasteiger partial charge in [-0.3, -0.25) is 4.90 Å². The Morgan fingerprint density at radius 1 is 1.16 bits per heavy atom. The highest BCUT2D eigenvalue weighted by atomic mass is 19.1. The first kappa shape index (κ1) is 14.5. The van der Waals surface area contributed by atoms with E-state index in [0.717, 1.165) is 31.5 Å². The molecule has 1 saturated heterocycles. The summed E-state index contributed by atoms with van der Waals surface area (Å²) >= 11 is 0. The van der Waals surface area contributed by atoms with E-state index >= 15 is 0 Å². The van der Waals surface area contributed by atoms with Crippen LogP contribution in [-0.4, -0.2) is 28.6 Å². The molecule has 0 bridgehead atoms. The zero-order valence-electron chi connectivity index (χ0n) is 11.9. The van der Waals surface area contributed by atoms with Gasteiger partial charge in [-0.2, -0.15) is 0 Å². The number of nitrogens with zero attached hydrogens (tertiary/aromatic N) is 1. The molecule has 1 fully saturated rings. The molecule has 0 saturated carbocycles. The lowest BCUT2D eigenvalue weighted by atomic mass is 9.81. The maximum atomic E-state index is 13.0. The number of rotatable bonds is 5. The smallest absolute Gasteiger partial charge is 0.123 e. The number of hydrogen-bond donors (Lipinski definition) is 1. The molecule has 3 heteroatoms. The lowest BCUT2D eigenvalue weighted by molar-refractivity contribution is -0.0295. The summed E-state index contributed by atoms with van der Waals surface area (Å²) in [6, 6.07) is 6.27. The van der Waals surface area contributed by atoms with E-state index in [0.29, 0.717) is 0 Å². The van der Waals surface area contributed by atoms with Crippen LogP contribution in [0.5, 0.6) is 0 Å². The minimum atomic E-state index is -0.554. The van der Waals surface area contributed by atoms with Crippen molar-refractivity contribution in [1.82, 2.24) is 4.90 Å². The fraction of sp³-hybridized carbons (Fsp3) is 0.625. The van der Waals surface area contributed by atoms with Gasteiger partial charge < -0.3 is 5.11 Å². The summed E-state index contributed by atoms with van der Waals surface area (Å²) in [6.45, 7) is 6.38. The van der Waals surface area contributed by atoms with Gasteiger partial charge in [0.15, 0.2) is 0 Å². The molecule has 0 amide bonds. The van der Waals surface area contributed by atoms with Crippen molar-refractivity contribution in [3.8, 4) is 0 Å².